The smallest absolute Gasteiger partial charge is 0.303 e. The minimum atomic E-state index is -0.777. The van der Waals surface area contributed by atoms with Crippen molar-refractivity contribution < 1.29 is 9.90 Å². The van der Waals surface area contributed by atoms with Crippen LogP contribution in [0.4, 0.5) is 5.82 Å². The summed E-state index contributed by atoms with van der Waals surface area (Å²) in [6, 6.07) is 3.61. The standard InChI is InChI=1S/C10H12N4O2/c15-10(16)2-1-5-11-8-4-7-14-9(13-8)3-6-12-14/h3-4,6-7H,1-2,5H2,(H,11,13)(H,15,16). The fourth-order valence-corrected chi connectivity index (χ4v) is 1.37. The Bertz CT molecular complexity index is 494. The molecule has 2 aromatic rings. The number of hydrogen-bond acceptors (Lipinski definition) is 4. The molecule has 2 aromatic heterocycles. The molecule has 0 spiro atoms. The molecule has 0 aliphatic carbocycles. The Morgan fingerprint density at radius 2 is 2.38 bits per heavy atom. The van der Waals surface area contributed by atoms with E-state index in [1.807, 2.05) is 12.3 Å². The predicted octanol–water partition coefficient (Wildman–Crippen LogP) is 1.01. The number of fused-ring (bicyclic) bond motifs is 1. The van der Waals surface area contributed by atoms with Gasteiger partial charge in [-0.05, 0) is 12.5 Å². The highest BCUT2D eigenvalue weighted by Gasteiger charge is 1.99. The highest BCUT2D eigenvalue weighted by atomic mass is 16.4. The molecule has 2 N–H and O–H groups in total. The molecule has 0 aromatic carbocycles. The van der Waals surface area contributed by atoms with Gasteiger partial charge in [0.25, 0.3) is 0 Å². The quantitative estimate of drug-likeness (QED) is 0.735. The lowest BCUT2D eigenvalue weighted by Gasteiger charge is -2.04. The minimum Gasteiger partial charge on any atom is -0.481 e. The summed E-state index contributed by atoms with van der Waals surface area (Å²) in [7, 11) is 0. The molecule has 0 radical (unpaired) electrons. The number of anilines is 1. The van der Waals surface area contributed by atoms with E-state index < -0.39 is 5.97 Å². The number of carboxylic acid groups (broad SMARTS) is 1. The summed E-state index contributed by atoms with van der Waals surface area (Å²) in [5, 5.41) is 15.6. The number of carboxylic acids is 1. The van der Waals surface area contributed by atoms with Crippen molar-refractivity contribution >= 4 is 17.4 Å². The van der Waals surface area contributed by atoms with Crippen molar-refractivity contribution in [1.82, 2.24) is 14.6 Å². The van der Waals surface area contributed by atoms with Crippen LogP contribution < -0.4 is 5.32 Å². The van der Waals surface area contributed by atoms with E-state index in [0.29, 0.717) is 13.0 Å². The maximum atomic E-state index is 10.3. The largest absolute Gasteiger partial charge is 0.481 e. The van der Waals surface area contributed by atoms with Crippen molar-refractivity contribution in [3.05, 3.63) is 24.5 Å². The van der Waals surface area contributed by atoms with Gasteiger partial charge in [-0.2, -0.15) is 5.10 Å². The highest BCUT2D eigenvalue weighted by molar-refractivity contribution is 5.66. The lowest BCUT2D eigenvalue weighted by molar-refractivity contribution is -0.137. The first-order chi connectivity index (χ1) is 7.75. The van der Waals surface area contributed by atoms with Crippen molar-refractivity contribution in [3.8, 4) is 0 Å². The number of carbonyl (C=O) groups is 1. The van der Waals surface area contributed by atoms with Crippen LogP contribution in [-0.4, -0.2) is 32.2 Å². The van der Waals surface area contributed by atoms with E-state index in [9.17, 15) is 4.79 Å². The van der Waals surface area contributed by atoms with E-state index in [2.05, 4.69) is 15.4 Å². The van der Waals surface area contributed by atoms with Crippen LogP contribution in [0.2, 0.25) is 0 Å². The van der Waals surface area contributed by atoms with Crippen LogP contribution in [0.25, 0.3) is 5.65 Å². The van der Waals surface area contributed by atoms with Crippen LogP contribution in [0.15, 0.2) is 24.5 Å². The van der Waals surface area contributed by atoms with Crippen molar-refractivity contribution in [3.63, 3.8) is 0 Å². The summed E-state index contributed by atoms with van der Waals surface area (Å²) in [5.41, 5.74) is 0.767. The molecule has 84 valence electrons. The molecule has 0 aliphatic rings. The molecule has 0 atom stereocenters. The predicted molar refractivity (Wildman–Crippen MR) is 58.3 cm³/mol. The molecule has 16 heavy (non-hydrogen) atoms. The van der Waals surface area contributed by atoms with Gasteiger partial charge in [-0.1, -0.05) is 0 Å². The number of nitrogens with zero attached hydrogens (tertiary/aromatic N) is 3. The Balaban J connectivity index is 1.91. The number of aliphatic carboxylic acids is 1. The molecule has 0 aliphatic heterocycles. The first kappa shape index (κ1) is 10.4. The lowest BCUT2D eigenvalue weighted by Crippen LogP contribution is -2.06. The third-order valence-corrected chi connectivity index (χ3v) is 2.13. The van der Waals surface area contributed by atoms with Crippen LogP contribution >= 0.6 is 0 Å². The Morgan fingerprint density at radius 3 is 3.19 bits per heavy atom. The van der Waals surface area contributed by atoms with Gasteiger partial charge in [-0.3, -0.25) is 4.79 Å². The first-order valence-corrected chi connectivity index (χ1v) is 5.02. The lowest BCUT2D eigenvalue weighted by atomic mass is 10.3. The fourth-order valence-electron chi connectivity index (χ4n) is 1.37. The summed E-state index contributed by atoms with van der Waals surface area (Å²) in [6.45, 7) is 0.601. The second kappa shape index (κ2) is 4.61. The number of nitrogens with one attached hydrogen (secondary N) is 1. The Kier molecular flexibility index (Phi) is 3.00. The van der Waals surface area contributed by atoms with Gasteiger partial charge in [0.05, 0.1) is 6.20 Å². The molecule has 0 saturated carbocycles. The van der Waals surface area contributed by atoms with E-state index in [-0.39, 0.29) is 6.42 Å². The second-order valence-corrected chi connectivity index (χ2v) is 3.37. The molecule has 0 saturated heterocycles. The number of rotatable bonds is 5. The molecule has 2 heterocycles. The minimum absolute atomic E-state index is 0.169. The van der Waals surface area contributed by atoms with Gasteiger partial charge in [0, 0.05) is 25.2 Å². The second-order valence-electron chi connectivity index (χ2n) is 3.37. The van der Waals surface area contributed by atoms with E-state index in [1.165, 1.54) is 0 Å². The average molecular weight is 220 g/mol. The third-order valence-electron chi connectivity index (χ3n) is 2.13. The molecule has 0 bridgehead atoms. The molecule has 0 fully saturated rings. The monoisotopic (exact) mass is 220 g/mol. The first-order valence-electron chi connectivity index (χ1n) is 5.02. The fraction of sp³-hybridized carbons (Fsp3) is 0.300. The molecule has 2 rings (SSSR count). The molecular formula is C10H12N4O2. The van der Waals surface area contributed by atoms with Gasteiger partial charge in [0.15, 0.2) is 5.65 Å². The number of aromatic nitrogens is 3. The van der Waals surface area contributed by atoms with Crippen LogP contribution in [0.5, 0.6) is 0 Å². The Morgan fingerprint density at radius 1 is 1.50 bits per heavy atom. The zero-order chi connectivity index (χ0) is 11.4. The normalized spacial score (nSPS) is 10.5. The van der Waals surface area contributed by atoms with E-state index in [1.54, 1.807) is 16.8 Å². The number of hydrogen-bond donors (Lipinski definition) is 2. The molecule has 6 nitrogen and oxygen atoms in total. The Labute approximate surface area is 91.9 Å². The van der Waals surface area contributed by atoms with Gasteiger partial charge in [0.2, 0.25) is 0 Å². The van der Waals surface area contributed by atoms with Crippen molar-refractivity contribution in [2.45, 2.75) is 12.8 Å². The summed E-state index contributed by atoms with van der Waals surface area (Å²) in [4.78, 5) is 14.6. The topological polar surface area (TPSA) is 79.5 Å². The average Bonchev–Trinajstić information content (AvgIpc) is 2.71. The summed E-state index contributed by atoms with van der Waals surface area (Å²) in [5.74, 6) is -0.0422. The summed E-state index contributed by atoms with van der Waals surface area (Å²) in [6.07, 6.45) is 4.24. The summed E-state index contributed by atoms with van der Waals surface area (Å²) >= 11 is 0. The maximum absolute atomic E-state index is 10.3. The van der Waals surface area contributed by atoms with Crippen LogP contribution in [0.1, 0.15) is 12.8 Å². The van der Waals surface area contributed by atoms with Crippen LogP contribution in [0, 0.1) is 0 Å². The van der Waals surface area contributed by atoms with Gasteiger partial charge in [-0.25, -0.2) is 9.50 Å². The highest BCUT2D eigenvalue weighted by Crippen LogP contribution is 2.05. The van der Waals surface area contributed by atoms with E-state index >= 15 is 0 Å². The van der Waals surface area contributed by atoms with Gasteiger partial charge in [0.1, 0.15) is 5.82 Å². The molecule has 6 heteroatoms. The van der Waals surface area contributed by atoms with E-state index in [4.69, 9.17) is 5.11 Å². The van der Waals surface area contributed by atoms with Gasteiger partial charge < -0.3 is 10.4 Å². The SMILES string of the molecule is O=C(O)CCCNc1ccn2nccc2n1. The van der Waals surface area contributed by atoms with Crippen molar-refractivity contribution in [1.29, 1.82) is 0 Å². The molecular weight excluding hydrogens is 208 g/mol. The van der Waals surface area contributed by atoms with Crippen molar-refractivity contribution in [2.24, 2.45) is 0 Å². The van der Waals surface area contributed by atoms with Gasteiger partial charge in [-0.15, -0.1) is 0 Å². The van der Waals surface area contributed by atoms with Gasteiger partial charge >= 0.3 is 5.97 Å². The van der Waals surface area contributed by atoms with E-state index in [0.717, 1.165) is 11.5 Å². The molecule has 0 unspecified atom stereocenters. The Hall–Kier alpha value is -2.11. The van der Waals surface area contributed by atoms with Crippen LogP contribution in [0.3, 0.4) is 0 Å². The van der Waals surface area contributed by atoms with Crippen molar-refractivity contribution in [2.75, 3.05) is 11.9 Å². The maximum Gasteiger partial charge on any atom is 0.303 e. The third kappa shape index (κ3) is 2.47. The van der Waals surface area contributed by atoms with Crippen LogP contribution in [-0.2, 0) is 4.79 Å². The molecule has 0 amide bonds. The zero-order valence-corrected chi connectivity index (χ0v) is 8.63. The summed E-state index contributed by atoms with van der Waals surface area (Å²) < 4.78 is 1.67. The zero-order valence-electron chi connectivity index (χ0n) is 8.63.